The fraction of sp³-hybridized carbons (Fsp3) is 0.429. The second-order valence-electron chi connectivity index (χ2n) is 7.41. The maximum atomic E-state index is 11.2. The molecule has 1 aromatic heterocycles. The number of piperazine rings is 1. The summed E-state index contributed by atoms with van der Waals surface area (Å²) in [7, 11) is 1.89. The van der Waals surface area contributed by atoms with E-state index in [1.807, 2.05) is 24.1 Å². The van der Waals surface area contributed by atoms with Gasteiger partial charge in [-0.25, -0.2) is 4.98 Å². The van der Waals surface area contributed by atoms with Crippen LogP contribution in [0.3, 0.4) is 0 Å². The number of aldehydes is 1. The van der Waals surface area contributed by atoms with Crippen LogP contribution in [0, 0.1) is 0 Å². The Hall–Kier alpha value is -2.44. The normalized spacial score (nSPS) is 21.2. The van der Waals surface area contributed by atoms with Gasteiger partial charge in [0.2, 0.25) is 0 Å². The summed E-state index contributed by atoms with van der Waals surface area (Å²) in [6, 6.07) is 12.3. The number of aliphatic hydroxyl groups excluding tert-OH is 1. The molecule has 2 unspecified atom stereocenters. The van der Waals surface area contributed by atoms with Crippen LogP contribution in [-0.4, -0.2) is 67.1 Å². The van der Waals surface area contributed by atoms with E-state index in [1.54, 1.807) is 6.20 Å². The molecule has 2 aliphatic heterocycles. The summed E-state index contributed by atoms with van der Waals surface area (Å²) in [6.07, 6.45) is 2.81. The van der Waals surface area contributed by atoms with E-state index >= 15 is 0 Å². The summed E-state index contributed by atoms with van der Waals surface area (Å²) in [5.41, 5.74) is 3.13. The number of carbonyl (C=O) groups excluding carboxylic acids is 1. The topological polar surface area (TPSA) is 59.9 Å². The molecule has 27 heavy (non-hydrogen) atoms. The first kappa shape index (κ1) is 17.9. The van der Waals surface area contributed by atoms with Gasteiger partial charge in [0.25, 0.3) is 0 Å². The fourth-order valence-electron chi connectivity index (χ4n) is 4.01. The maximum Gasteiger partial charge on any atom is 0.142 e. The third kappa shape index (κ3) is 3.68. The van der Waals surface area contributed by atoms with Crippen molar-refractivity contribution in [3.8, 4) is 0 Å². The average Bonchev–Trinajstić information content (AvgIpc) is 3.04. The number of para-hydroxylation sites is 1. The van der Waals surface area contributed by atoms with E-state index in [4.69, 9.17) is 0 Å². The molecule has 1 saturated heterocycles. The van der Waals surface area contributed by atoms with E-state index in [-0.39, 0.29) is 6.04 Å². The highest BCUT2D eigenvalue weighted by molar-refractivity contribution is 5.71. The number of carbonyl (C=O) groups is 1. The summed E-state index contributed by atoms with van der Waals surface area (Å²) >= 11 is 0. The Labute approximate surface area is 160 Å². The Kier molecular flexibility index (Phi) is 5.09. The lowest BCUT2D eigenvalue weighted by atomic mass is 10.1. The number of benzene rings is 1. The molecule has 1 aromatic carbocycles. The van der Waals surface area contributed by atoms with Crippen molar-refractivity contribution in [3.05, 3.63) is 53.7 Å². The Bertz CT molecular complexity index is 790. The Balaban J connectivity index is 1.35. The standard InChI is InChI=1S/C21H26N4O2/c1-23-19(15-26)12-16-11-17(13-22-21(16)23)20(27)14-24-7-9-25(10-8-24)18-5-3-2-4-6-18/h2-6,11,13,15,19-20,27H,7-10,12,14H2,1H3. The number of fused-ring (bicyclic) bond motifs is 1. The van der Waals surface area contributed by atoms with Gasteiger partial charge in [0, 0.05) is 63.6 Å². The largest absolute Gasteiger partial charge is 0.387 e. The lowest BCUT2D eigenvalue weighted by Gasteiger charge is -2.37. The van der Waals surface area contributed by atoms with Crippen molar-refractivity contribution in [2.45, 2.75) is 18.6 Å². The molecule has 0 aliphatic carbocycles. The highest BCUT2D eigenvalue weighted by Crippen LogP contribution is 2.30. The molecule has 4 rings (SSSR count). The van der Waals surface area contributed by atoms with Crippen LogP contribution in [-0.2, 0) is 11.2 Å². The molecule has 0 bridgehead atoms. The van der Waals surface area contributed by atoms with Gasteiger partial charge in [-0.2, -0.15) is 0 Å². The van der Waals surface area contributed by atoms with Gasteiger partial charge in [0.1, 0.15) is 12.1 Å². The molecular formula is C21H26N4O2. The first-order valence-electron chi connectivity index (χ1n) is 9.53. The SMILES string of the molecule is CN1c2ncc(C(O)CN3CCN(c4ccccc4)CC3)cc2CC1C=O. The highest BCUT2D eigenvalue weighted by Gasteiger charge is 2.28. The van der Waals surface area contributed by atoms with E-state index in [0.29, 0.717) is 13.0 Å². The second-order valence-corrected chi connectivity index (χ2v) is 7.41. The molecule has 2 aliphatic rings. The van der Waals surface area contributed by atoms with E-state index in [0.717, 1.165) is 49.4 Å². The Morgan fingerprint density at radius 3 is 2.67 bits per heavy atom. The molecule has 6 heteroatoms. The molecule has 6 nitrogen and oxygen atoms in total. The van der Waals surface area contributed by atoms with Crippen molar-refractivity contribution < 1.29 is 9.90 Å². The van der Waals surface area contributed by atoms with E-state index < -0.39 is 6.10 Å². The predicted octanol–water partition coefficient (Wildman–Crippen LogP) is 1.50. The zero-order valence-electron chi connectivity index (χ0n) is 15.7. The summed E-state index contributed by atoms with van der Waals surface area (Å²) in [5.74, 6) is 0.847. The number of hydrogen-bond acceptors (Lipinski definition) is 6. The molecule has 0 radical (unpaired) electrons. The third-order valence-electron chi connectivity index (χ3n) is 5.69. The number of hydrogen-bond donors (Lipinski definition) is 1. The number of aliphatic hydroxyl groups is 1. The van der Waals surface area contributed by atoms with Crippen molar-refractivity contribution in [1.29, 1.82) is 0 Å². The molecule has 0 saturated carbocycles. The van der Waals surface area contributed by atoms with E-state index in [9.17, 15) is 9.90 Å². The van der Waals surface area contributed by atoms with Crippen molar-refractivity contribution in [3.63, 3.8) is 0 Å². The first-order valence-corrected chi connectivity index (χ1v) is 9.53. The van der Waals surface area contributed by atoms with Gasteiger partial charge in [-0.15, -0.1) is 0 Å². The third-order valence-corrected chi connectivity index (χ3v) is 5.69. The Morgan fingerprint density at radius 2 is 1.96 bits per heavy atom. The predicted molar refractivity (Wildman–Crippen MR) is 106 cm³/mol. The zero-order valence-corrected chi connectivity index (χ0v) is 15.7. The molecule has 2 aromatic rings. The van der Waals surface area contributed by atoms with Crippen molar-refractivity contribution in [2.24, 2.45) is 0 Å². The van der Waals surface area contributed by atoms with Crippen LogP contribution < -0.4 is 9.80 Å². The number of likely N-dealkylation sites (N-methyl/N-ethyl adjacent to an activating group) is 1. The van der Waals surface area contributed by atoms with E-state index in [2.05, 4.69) is 39.0 Å². The fourth-order valence-corrected chi connectivity index (χ4v) is 4.01. The molecule has 0 spiro atoms. The second kappa shape index (κ2) is 7.66. The van der Waals surface area contributed by atoms with Gasteiger partial charge < -0.3 is 19.7 Å². The summed E-state index contributed by atoms with van der Waals surface area (Å²) in [4.78, 5) is 22.2. The highest BCUT2D eigenvalue weighted by atomic mass is 16.3. The minimum absolute atomic E-state index is 0.147. The molecule has 0 amide bonds. The number of pyridine rings is 1. The molecule has 2 atom stereocenters. The average molecular weight is 366 g/mol. The van der Waals surface area contributed by atoms with Gasteiger partial charge in [-0.05, 0) is 23.8 Å². The van der Waals surface area contributed by atoms with Gasteiger partial charge in [-0.3, -0.25) is 4.90 Å². The molecular weight excluding hydrogens is 340 g/mol. The van der Waals surface area contributed by atoms with Crippen LogP contribution >= 0.6 is 0 Å². The molecule has 3 heterocycles. The molecule has 142 valence electrons. The number of anilines is 2. The van der Waals surface area contributed by atoms with Crippen LogP contribution in [0.25, 0.3) is 0 Å². The van der Waals surface area contributed by atoms with Crippen molar-refractivity contribution >= 4 is 17.8 Å². The van der Waals surface area contributed by atoms with Gasteiger partial charge >= 0.3 is 0 Å². The quantitative estimate of drug-likeness (QED) is 0.810. The maximum absolute atomic E-state index is 11.2. The lowest BCUT2D eigenvalue weighted by Crippen LogP contribution is -2.47. The Morgan fingerprint density at radius 1 is 1.22 bits per heavy atom. The van der Waals surface area contributed by atoms with E-state index in [1.165, 1.54) is 5.69 Å². The number of rotatable bonds is 5. The van der Waals surface area contributed by atoms with Gasteiger partial charge in [0.05, 0.1) is 12.1 Å². The van der Waals surface area contributed by atoms with Crippen LogP contribution in [0.4, 0.5) is 11.5 Å². The first-order chi connectivity index (χ1) is 13.2. The van der Waals surface area contributed by atoms with Crippen LogP contribution in [0.5, 0.6) is 0 Å². The van der Waals surface area contributed by atoms with Crippen molar-refractivity contribution in [2.75, 3.05) is 49.6 Å². The summed E-state index contributed by atoms with van der Waals surface area (Å²) < 4.78 is 0. The molecule has 1 N–H and O–H groups in total. The number of nitrogens with zero attached hydrogens (tertiary/aromatic N) is 4. The zero-order chi connectivity index (χ0) is 18.8. The lowest BCUT2D eigenvalue weighted by molar-refractivity contribution is -0.108. The van der Waals surface area contributed by atoms with Crippen LogP contribution in [0.1, 0.15) is 17.2 Å². The summed E-state index contributed by atoms with van der Waals surface area (Å²) in [5, 5.41) is 10.7. The van der Waals surface area contributed by atoms with Gasteiger partial charge in [0.15, 0.2) is 0 Å². The van der Waals surface area contributed by atoms with Crippen LogP contribution in [0.2, 0.25) is 0 Å². The van der Waals surface area contributed by atoms with Crippen molar-refractivity contribution in [1.82, 2.24) is 9.88 Å². The minimum Gasteiger partial charge on any atom is -0.387 e. The monoisotopic (exact) mass is 366 g/mol. The number of β-amino-alcohol motifs (C(OH)–C–C–N with tert-alkyl or cyclic N) is 1. The van der Waals surface area contributed by atoms with Crippen LogP contribution in [0.15, 0.2) is 42.6 Å². The number of aromatic nitrogens is 1. The van der Waals surface area contributed by atoms with Gasteiger partial charge in [-0.1, -0.05) is 18.2 Å². The minimum atomic E-state index is -0.563. The smallest absolute Gasteiger partial charge is 0.142 e. The molecule has 1 fully saturated rings. The summed E-state index contributed by atoms with van der Waals surface area (Å²) in [6.45, 7) is 4.40.